The summed E-state index contributed by atoms with van der Waals surface area (Å²) in [5.41, 5.74) is 0.378. The largest absolute Gasteiger partial charge is 0.493 e. The summed E-state index contributed by atoms with van der Waals surface area (Å²) in [5.74, 6) is 0.612. The van der Waals surface area contributed by atoms with Gasteiger partial charge in [-0.25, -0.2) is 4.79 Å². The number of allylic oxidation sites excluding steroid dienone is 2. The Labute approximate surface area is 90.8 Å². The maximum atomic E-state index is 11.2. The molecule has 3 nitrogen and oxygen atoms in total. The Balaban J connectivity index is 2.27. The van der Waals surface area contributed by atoms with Crippen LogP contribution >= 0.6 is 0 Å². The van der Waals surface area contributed by atoms with Gasteiger partial charge < -0.3 is 9.47 Å². The van der Waals surface area contributed by atoms with Crippen LogP contribution < -0.4 is 0 Å². The highest BCUT2D eigenvalue weighted by atomic mass is 16.5. The van der Waals surface area contributed by atoms with Gasteiger partial charge in [-0.2, -0.15) is 0 Å². The quantitative estimate of drug-likeness (QED) is 0.517. The predicted molar refractivity (Wildman–Crippen MR) is 58.3 cm³/mol. The van der Waals surface area contributed by atoms with E-state index in [1.165, 1.54) is 6.42 Å². The summed E-state index contributed by atoms with van der Waals surface area (Å²) in [6, 6.07) is 0. The molecular formula is C12H18O3. The molecule has 0 aromatic heterocycles. The molecule has 0 N–H and O–H groups in total. The molecule has 0 saturated carbocycles. The van der Waals surface area contributed by atoms with Crippen LogP contribution in [-0.2, 0) is 14.3 Å². The highest BCUT2D eigenvalue weighted by Gasteiger charge is 2.10. The van der Waals surface area contributed by atoms with Crippen LogP contribution in [0.5, 0.6) is 0 Å². The van der Waals surface area contributed by atoms with Crippen molar-refractivity contribution in [1.82, 2.24) is 0 Å². The average Bonchev–Trinajstić information content (AvgIpc) is 2.27. The predicted octanol–water partition coefficient (Wildman–Crippen LogP) is 2.58. The first-order valence-corrected chi connectivity index (χ1v) is 5.40. The van der Waals surface area contributed by atoms with Crippen molar-refractivity contribution < 1.29 is 14.3 Å². The van der Waals surface area contributed by atoms with Gasteiger partial charge in [0.1, 0.15) is 6.61 Å². The molecular weight excluding hydrogens is 192 g/mol. The molecule has 0 atom stereocenters. The zero-order valence-electron chi connectivity index (χ0n) is 9.25. The molecule has 0 aromatic carbocycles. The molecule has 15 heavy (non-hydrogen) atoms. The number of hydrogen-bond acceptors (Lipinski definition) is 3. The molecule has 1 aliphatic carbocycles. The number of carbonyl (C=O) groups excluding carboxylic acids is 1. The van der Waals surface area contributed by atoms with E-state index >= 15 is 0 Å². The van der Waals surface area contributed by atoms with Crippen LogP contribution in [0, 0.1) is 0 Å². The van der Waals surface area contributed by atoms with E-state index in [9.17, 15) is 4.79 Å². The maximum Gasteiger partial charge on any atom is 0.336 e. The first kappa shape index (κ1) is 11.8. The Bertz CT molecular complexity index is 266. The lowest BCUT2D eigenvalue weighted by atomic mass is 10.1. The van der Waals surface area contributed by atoms with Crippen LogP contribution in [-0.4, -0.2) is 19.2 Å². The topological polar surface area (TPSA) is 35.5 Å². The van der Waals surface area contributed by atoms with E-state index < -0.39 is 0 Å². The van der Waals surface area contributed by atoms with Crippen molar-refractivity contribution in [3.63, 3.8) is 0 Å². The van der Waals surface area contributed by atoms with Crippen molar-refractivity contribution in [3.05, 3.63) is 24.0 Å². The van der Waals surface area contributed by atoms with Gasteiger partial charge in [0.15, 0.2) is 0 Å². The summed E-state index contributed by atoms with van der Waals surface area (Å²) in [6.45, 7) is 6.02. The summed E-state index contributed by atoms with van der Waals surface area (Å²) in [5, 5.41) is 0. The van der Waals surface area contributed by atoms with Crippen LogP contribution in [0.4, 0.5) is 0 Å². The van der Waals surface area contributed by atoms with E-state index in [4.69, 9.17) is 9.47 Å². The Morgan fingerprint density at radius 2 is 2.33 bits per heavy atom. The molecule has 0 amide bonds. The van der Waals surface area contributed by atoms with Gasteiger partial charge in [0.05, 0.1) is 17.9 Å². The second-order valence-electron chi connectivity index (χ2n) is 3.53. The Hall–Kier alpha value is -1.25. The van der Waals surface area contributed by atoms with Gasteiger partial charge in [-0.1, -0.05) is 6.58 Å². The van der Waals surface area contributed by atoms with Crippen LogP contribution in [0.25, 0.3) is 0 Å². The van der Waals surface area contributed by atoms with E-state index in [1.807, 2.05) is 0 Å². The fourth-order valence-corrected chi connectivity index (χ4v) is 1.41. The number of carbonyl (C=O) groups is 1. The van der Waals surface area contributed by atoms with E-state index in [0.29, 0.717) is 12.2 Å². The van der Waals surface area contributed by atoms with Crippen LogP contribution in [0.3, 0.4) is 0 Å². The molecule has 0 spiro atoms. The summed E-state index contributed by atoms with van der Waals surface area (Å²) in [6.07, 6.45) is 6.52. The minimum Gasteiger partial charge on any atom is -0.493 e. The Kier molecular flexibility index (Phi) is 4.95. The normalized spacial score (nSPS) is 15.4. The van der Waals surface area contributed by atoms with E-state index in [0.717, 1.165) is 25.0 Å². The summed E-state index contributed by atoms with van der Waals surface area (Å²) in [4.78, 5) is 11.2. The SMILES string of the molecule is C=C(COC1=CCCCC1)C(=O)OCC. The van der Waals surface area contributed by atoms with Gasteiger partial charge in [0, 0.05) is 6.42 Å². The lowest BCUT2D eigenvalue weighted by Gasteiger charge is -2.14. The number of esters is 1. The van der Waals surface area contributed by atoms with E-state index in [-0.39, 0.29) is 12.6 Å². The minimum absolute atomic E-state index is 0.241. The molecule has 1 rings (SSSR count). The lowest BCUT2D eigenvalue weighted by molar-refractivity contribution is -0.139. The highest BCUT2D eigenvalue weighted by molar-refractivity contribution is 5.87. The van der Waals surface area contributed by atoms with E-state index in [1.54, 1.807) is 6.92 Å². The molecule has 0 aromatic rings. The standard InChI is InChI=1S/C12H18O3/c1-3-14-12(13)10(2)9-15-11-7-5-4-6-8-11/h7H,2-6,8-9H2,1H3. The van der Waals surface area contributed by atoms with Gasteiger partial charge in [-0.3, -0.25) is 0 Å². The molecule has 0 heterocycles. The second kappa shape index (κ2) is 6.27. The zero-order valence-corrected chi connectivity index (χ0v) is 9.25. The number of hydrogen-bond donors (Lipinski definition) is 0. The third-order valence-electron chi connectivity index (χ3n) is 2.25. The third kappa shape index (κ3) is 4.19. The van der Waals surface area contributed by atoms with Crippen molar-refractivity contribution >= 4 is 5.97 Å². The van der Waals surface area contributed by atoms with Crippen LogP contribution in [0.15, 0.2) is 24.0 Å². The fraction of sp³-hybridized carbons (Fsp3) is 0.583. The summed E-state index contributed by atoms with van der Waals surface area (Å²) < 4.78 is 10.3. The van der Waals surface area contributed by atoms with Crippen molar-refractivity contribution in [2.45, 2.75) is 32.6 Å². The fourth-order valence-electron chi connectivity index (χ4n) is 1.41. The molecule has 1 aliphatic rings. The third-order valence-corrected chi connectivity index (χ3v) is 2.25. The van der Waals surface area contributed by atoms with Gasteiger partial charge in [-0.05, 0) is 32.3 Å². The van der Waals surface area contributed by atoms with Gasteiger partial charge in [-0.15, -0.1) is 0 Å². The molecule has 84 valence electrons. The average molecular weight is 210 g/mol. The first-order valence-electron chi connectivity index (χ1n) is 5.40. The summed E-state index contributed by atoms with van der Waals surface area (Å²) >= 11 is 0. The van der Waals surface area contributed by atoms with Gasteiger partial charge in [0.25, 0.3) is 0 Å². The molecule has 0 aliphatic heterocycles. The molecule has 3 heteroatoms. The van der Waals surface area contributed by atoms with Crippen molar-refractivity contribution in [2.75, 3.05) is 13.2 Å². The number of rotatable bonds is 5. The molecule has 0 bridgehead atoms. The van der Waals surface area contributed by atoms with Crippen molar-refractivity contribution in [1.29, 1.82) is 0 Å². The minimum atomic E-state index is -0.367. The molecule has 0 saturated heterocycles. The lowest BCUT2D eigenvalue weighted by Crippen LogP contribution is -2.12. The van der Waals surface area contributed by atoms with Crippen molar-refractivity contribution in [2.24, 2.45) is 0 Å². The zero-order chi connectivity index (χ0) is 11.1. The van der Waals surface area contributed by atoms with Crippen molar-refractivity contribution in [3.8, 4) is 0 Å². The van der Waals surface area contributed by atoms with Crippen LogP contribution in [0.1, 0.15) is 32.6 Å². The Morgan fingerprint density at radius 3 is 2.93 bits per heavy atom. The van der Waals surface area contributed by atoms with Gasteiger partial charge >= 0.3 is 5.97 Å². The number of ether oxygens (including phenoxy) is 2. The maximum absolute atomic E-state index is 11.2. The molecule has 0 fully saturated rings. The molecule has 0 unspecified atom stereocenters. The van der Waals surface area contributed by atoms with Gasteiger partial charge in [0.2, 0.25) is 0 Å². The highest BCUT2D eigenvalue weighted by Crippen LogP contribution is 2.18. The molecule has 0 radical (unpaired) electrons. The first-order chi connectivity index (χ1) is 7.24. The monoisotopic (exact) mass is 210 g/mol. The smallest absolute Gasteiger partial charge is 0.336 e. The van der Waals surface area contributed by atoms with E-state index in [2.05, 4.69) is 12.7 Å². The second-order valence-corrected chi connectivity index (χ2v) is 3.53. The summed E-state index contributed by atoms with van der Waals surface area (Å²) in [7, 11) is 0. The Morgan fingerprint density at radius 1 is 1.53 bits per heavy atom. The van der Waals surface area contributed by atoms with Crippen LogP contribution in [0.2, 0.25) is 0 Å².